The number of hydrogen-bond donors (Lipinski definition) is 2. The molecule has 2 aromatic rings. The van der Waals surface area contributed by atoms with Gasteiger partial charge in [-0.3, -0.25) is 4.79 Å². The minimum atomic E-state index is -0.420. The van der Waals surface area contributed by atoms with E-state index in [2.05, 4.69) is 22.3 Å². The van der Waals surface area contributed by atoms with Crippen molar-refractivity contribution in [1.29, 1.82) is 0 Å². The van der Waals surface area contributed by atoms with Crippen LogP contribution in [0.25, 0.3) is 0 Å². The Morgan fingerprint density at radius 3 is 2.95 bits per heavy atom. The molecule has 1 aromatic carbocycles. The van der Waals surface area contributed by atoms with E-state index in [0.29, 0.717) is 22.0 Å². The van der Waals surface area contributed by atoms with Gasteiger partial charge in [0.25, 0.3) is 5.91 Å². The third-order valence-corrected chi connectivity index (χ3v) is 2.72. The number of nitrogens with zero attached hydrogens (tertiary/aromatic N) is 1. The SMILES string of the molecule is Cc1cc(C(=O)Nc2cc(C#CCO)ccc2Cl)no1. The number of benzene rings is 1. The van der Waals surface area contributed by atoms with Crippen molar-refractivity contribution in [2.24, 2.45) is 0 Å². The average Bonchev–Trinajstić information content (AvgIpc) is 2.86. The lowest BCUT2D eigenvalue weighted by Crippen LogP contribution is -2.12. The number of anilines is 1. The summed E-state index contributed by atoms with van der Waals surface area (Å²) in [5.41, 5.74) is 1.22. The van der Waals surface area contributed by atoms with Crippen LogP contribution in [0.2, 0.25) is 5.02 Å². The zero-order valence-corrected chi connectivity index (χ0v) is 11.4. The molecule has 0 spiro atoms. The minimum Gasteiger partial charge on any atom is -0.384 e. The van der Waals surface area contributed by atoms with Crippen molar-refractivity contribution >= 4 is 23.2 Å². The van der Waals surface area contributed by atoms with E-state index < -0.39 is 5.91 Å². The Hall–Kier alpha value is -2.29. The number of halogens is 1. The predicted molar refractivity (Wildman–Crippen MR) is 74.6 cm³/mol. The fourth-order valence-electron chi connectivity index (χ4n) is 1.50. The van der Waals surface area contributed by atoms with Crippen LogP contribution in [0.15, 0.2) is 28.8 Å². The van der Waals surface area contributed by atoms with Crippen molar-refractivity contribution in [2.45, 2.75) is 6.92 Å². The first kappa shape index (κ1) is 14.1. The number of carbonyl (C=O) groups excluding carboxylic acids is 1. The number of nitrogens with one attached hydrogen (secondary N) is 1. The van der Waals surface area contributed by atoms with Crippen molar-refractivity contribution in [3.05, 3.63) is 46.3 Å². The van der Waals surface area contributed by atoms with Gasteiger partial charge in [0.2, 0.25) is 0 Å². The molecular formula is C14H11ClN2O3. The van der Waals surface area contributed by atoms with Gasteiger partial charge in [0.1, 0.15) is 12.4 Å². The number of rotatable bonds is 2. The van der Waals surface area contributed by atoms with Crippen LogP contribution in [-0.4, -0.2) is 22.8 Å². The van der Waals surface area contributed by atoms with E-state index in [4.69, 9.17) is 21.2 Å². The molecule has 0 aliphatic carbocycles. The third kappa shape index (κ3) is 3.38. The summed E-state index contributed by atoms with van der Waals surface area (Å²) in [5, 5.41) is 15.3. The average molecular weight is 291 g/mol. The number of hydrogen-bond acceptors (Lipinski definition) is 4. The lowest BCUT2D eigenvalue weighted by atomic mass is 10.2. The van der Waals surface area contributed by atoms with Gasteiger partial charge in [0.15, 0.2) is 5.69 Å². The van der Waals surface area contributed by atoms with Gasteiger partial charge in [0.05, 0.1) is 10.7 Å². The highest BCUT2D eigenvalue weighted by Crippen LogP contribution is 2.23. The van der Waals surface area contributed by atoms with Crippen molar-refractivity contribution in [3.8, 4) is 11.8 Å². The van der Waals surface area contributed by atoms with Crippen LogP contribution in [0.1, 0.15) is 21.8 Å². The smallest absolute Gasteiger partial charge is 0.277 e. The van der Waals surface area contributed by atoms with Gasteiger partial charge < -0.3 is 14.9 Å². The predicted octanol–water partition coefficient (Wildman–Crippen LogP) is 2.23. The fourth-order valence-corrected chi connectivity index (χ4v) is 1.66. The van der Waals surface area contributed by atoms with Gasteiger partial charge in [-0.2, -0.15) is 0 Å². The number of aliphatic hydroxyl groups excluding tert-OH is 1. The maximum atomic E-state index is 11.9. The lowest BCUT2D eigenvalue weighted by Gasteiger charge is -2.05. The maximum absolute atomic E-state index is 11.9. The molecule has 0 unspecified atom stereocenters. The van der Waals surface area contributed by atoms with Crippen molar-refractivity contribution in [3.63, 3.8) is 0 Å². The molecular weight excluding hydrogens is 280 g/mol. The molecule has 0 atom stereocenters. The molecule has 0 aliphatic heterocycles. The first-order chi connectivity index (χ1) is 9.60. The second-order valence-corrected chi connectivity index (χ2v) is 4.34. The molecule has 0 saturated carbocycles. The molecule has 5 nitrogen and oxygen atoms in total. The van der Waals surface area contributed by atoms with Gasteiger partial charge in [-0.25, -0.2) is 0 Å². The quantitative estimate of drug-likeness (QED) is 0.832. The lowest BCUT2D eigenvalue weighted by molar-refractivity contribution is 0.101. The van der Waals surface area contributed by atoms with E-state index in [9.17, 15) is 4.79 Å². The number of aromatic nitrogens is 1. The summed E-state index contributed by atoms with van der Waals surface area (Å²) in [5.74, 6) is 5.38. The first-order valence-corrected chi connectivity index (χ1v) is 6.12. The number of aryl methyl sites for hydroxylation is 1. The zero-order valence-electron chi connectivity index (χ0n) is 10.6. The van der Waals surface area contributed by atoms with Crippen LogP contribution >= 0.6 is 11.6 Å². The molecule has 102 valence electrons. The number of amides is 1. The topological polar surface area (TPSA) is 75.4 Å². The van der Waals surface area contributed by atoms with Crippen LogP contribution in [0.5, 0.6) is 0 Å². The van der Waals surface area contributed by atoms with Crippen LogP contribution in [-0.2, 0) is 0 Å². The maximum Gasteiger partial charge on any atom is 0.277 e. The van der Waals surface area contributed by atoms with Crippen LogP contribution in [0.3, 0.4) is 0 Å². The molecule has 1 aromatic heterocycles. The van der Waals surface area contributed by atoms with Gasteiger partial charge in [0, 0.05) is 11.6 Å². The van der Waals surface area contributed by atoms with Crippen molar-refractivity contribution in [2.75, 3.05) is 11.9 Å². The minimum absolute atomic E-state index is 0.172. The second kappa shape index (κ2) is 6.24. The van der Waals surface area contributed by atoms with Gasteiger partial charge in [-0.15, -0.1) is 0 Å². The standard InChI is InChI=1S/C14H11ClN2O3/c1-9-7-13(17-20-9)14(19)16-12-8-10(3-2-6-18)4-5-11(12)15/h4-5,7-8,18H,6H2,1H3,(H,16,19). The largest absolute Gasteiger partial charge is 0.384 e. The summed E-state index contributed by atoms with van der Waals surface area (Å²) in [7, 11) is 0. The monoisotopic (exact) mass is 290 g/mol. The zero-order chi connectivity index (χ0) is 14.5. The number of carbonyl (C=O) groups is 1. The van der Waals surface area contributed by atoms with E-state index in [1.165, 1.54) is 6.07 Å². The van der Waals surface area contributed by atoms with Crippen LogP contribution < -0.4 is 5.32 Å². The molecule has 0 saturated heterocycles. The van der Waals surface area contributed by atoms with Gasteiger partial charge >= 0.3 is 0 Å². The molecule has 0 fully saturated rings. The highest BCUT2D eigenvalue weighted by atomic mass is 35.5. The summed E-state index contributed by atoms with van der Waals surface area (Å²) in [6.07, 6.45) is 0. The molecule has 0 bridgehead atoms. The van der Waals surface area contributed by atoms with E-state index in [0.717, 1.165) is 0 Å². The summed E-state index contributed by atoms with van der Waals surface area (Å²) >= 11 is 6.01. The van der Waals surface area contributed by atoms with Crippen molar-refractivity contribution in [1.82, 2.24) is 5.16 Å². The Morgan fingerprint density at radius 2 is 2.30 bits per heavy atom. The van der Waals surface area contributed by atoms with E-state index in [1.807, 2.05) is 0 Å². The van der Waals surface area contributed by atoms with Crippen molar-refractivity contribution < 1.29 is 14.4 Å². The molecule has 1 heterocycles. The summed E-state index contributed by atoms with van der Waals surface area (Å²) in [6.45, 7) is 1.46. The molecule has 2 N–H and O–H groups in total. The van der Waals surface area contributed by atoms with E-state index >= 15 is 0 Å². The fraction of sp³-hybridized carbons (Fsp3) is 0.143. The molecule has 6 heteroatoms. The van der Waals surface area contributed by atoms with Gasteiger partial charge in [-0.05, 0) is 25.1 Å². The Balaban J connectivity index is 2.22. The van der Waals surface area contributed by atoms with E-state index in [-0.39, 0.29) is 12.3 Å². The Morgan fingerprint density at radius 1 is 1.50 bits per heavy atom. The summed E-state index contributed by atoms with van der Waals surface area (Å²) in [4.78, 5) is 11.9. The van der Waals surface area contributed by atoms with Gasteiger partial charge in [-0.1, -0.05) is 28.6 Å². The Kier molecular flexibility index (Phi) is 4.41. The Labute approximate surface area is 120 Å². The highest BCUT2D eigenvalue weighted by Gasteiger charge is 2.12. The summed E-state index contributed by atoms with van der Waals surface area (Å²) < 4.78 is 4.84. The second-order valence-electron chi connectivity index (χ2n) is 3.93. The van der Waals surface area contributed by atoms with E-state index in [1.54, 1.807) is 25.1 Å². The number of aliphatic hydroxyl groups is 1. The molecule has 0 aliphatic rings. The molecule has 1 amide bonds. The Bertz CT molecular complexity index is 698. The highest BCUT2D eigenvalue weighted by molar-refractivity contribution is 6.34. The first-order valence-electron chi connectivity index (χ1n) is 5.74. The molecule has 20 heavy (non-hydrogen) atoms. The van der Waals surface area contributed by atoms with Crippen LogP contribution in [0.4, 0.5) is 5.69 Å². The molecule has 2 rings (SSSR count). The third-order valence-electron chi connectivity index (χ3n) is 2.39. The summed E-state index contributed by atoms with van der Waals surface area (Å²) in [6, 6.07) is 6.46. The normalized spacial score (nSPS) is 9.75. The van der Waals surface area contributed by atoms with Crippen LogP contribution in [0, 0.1) is 18.8 Å². The molecule has 0 radical (unpaired) electrons.